The molecule has 0 unspecified atom stereocenters. The van der Waals surface area contributed by atoms with Gasteiger partial charge in [-0.15, -0.1) is 0 Å². The standard InChI is InChI=1S/C30H27FN8O3S/c1-16(2)30(40)34-21-12-19(14-32-15-21)23-7-8-25-27(35-23)28(39-38-25)29-36-24-6-4-5-22(26(24)37-29)18-9-17(10-20(31)11-18)13-33-43(3,41)42/h4-12,14-16,33H,13H2,1-3H3,(H,34,40)(H,36,37)(H,38,39). The van der Waals surface area contributed by atoms with Crippen LogP contribution in [0.25, 0.3) is 56.0 Å². The minimum Gasteiger partial charge on any atom is -0.336 e. The maximum absolute atomic E-state index is 14.6. The van der Waals surface area contributed by atoms with Crippen LogP contribution < -0.4 is 10.0 Å². The number of fused-ring (bicyclic) bond motifs is 2. The van der Waals surface area contributed by atoms with Crippen LogP contribution in [0.4, 0.5) is 10.1 Å². The molecular weight excluding hydrogens is 571 g/mol. The number of sulfonamides is 1. The number of halogens is 1. The van der Waals surface area contributed by atoms with Gasteiger partial charge in [-0.2, -0.15) is 5.10 Å². The Balaban J connectivity index is 1.38. The molecule has 0 aliphatic rings. The predicted octanol–water partition coefficient (Wildman–Crippen LogP) is 5.01. The van der Waals surface area contributed by atoms with Crippen molar-refractivity contribution in [3.05, 3.63) is 78.4 Å². The lowest BCUT2D eigenvalue weighted by atomic mass is 10.0. The molecule has 4 heterocycles. The number of H-pyrrole nitrogens is 2. The fourth-order valence-corrected chi connectivity index (χ4v) is 5.09. The van der Waals surface area contributed by atoms with Crippen LogP contribution in [0.2, 0.25) is 0 Å². The molecule has 0 bridgehead atoms. The smallest absolute Gasteiger partial charge is 0.226 e. The Bertz CT molecular complexity index is 2120. The van der Waals surface area contributed by atoms with E-state index in [9.17, 15) is 17.6 Å². The van der Waals surface area contributed by atoms with Gasteiger partial charge in [0.25, 0.3) is 0 Å². The molecule has 0 aliphatic carbocycles. The third-order valence-electron chi connectivity index (χ3n) is 6.78. The molecule has 218 valence electrons. The van der Waals surface area contributed by atoms with Crippen LogP contribution >= 0.6 is 0 Å². The van der Waals surface area contributed by atoms with Gasteiger partial charge < -0.3 is 10.3 Å². The Kier molecular flexibility index (Phi) is 7.20. The summed E-state index contributed by atoms with van der Waals surface area (Å²) in [5.74, 6) is -0.308. The first-order chi connectivity index (χ1) is 20.5. The van der Waals surface area contributed by atoms with Crippen LogP contribution in [0.1, 0.15) is 19.4 Å². The third kappa shape index (κ3) is 5.98. The van der Waals surface area contributed by atoms with Crippen molar-refractivity contribution in [2.75, 3.05) is 11.6 Å². The van der Waals surface area contributed by atoms with Crippen LogP contribution in [-0.4, -0.2) is 50.7 Å². The van der Waals surface area contributed by atoms with E-state index >= 15 is 0 Å². The number of nitrogens with zero attached hydrogens (tertiary/aromatic N) is 4. The summed E-state index contributed by atoms with van der Waals surface area (Å²) in [7, 11) is -3.44. The first-order valence-corrected chi connectivity index (χ1v) is 15.3. The zero-order valence-electron chi connectivity index (χ0n) is 23.4. The van der Waals surface area contributed by atoms with Gasteiger partial charge in [-0.05, 0) is 53.6 Å². The number of aromatic nitrogens is 6. The summed E-state index contributed by atoms with van der Waals surface area (Å²) >= 11 is 0. The highest BCUT2D eigenvalue weighted by Gasteiger charge is 2.18. The van der Waals surface area contributed by atoms with E-state index in [0.717, 1.165) is 11.8 Å². The van der Waals surface area contributed by atoms with Crippen molar-refractivity contribution in [3.8, 4) is 33.9 Å². The lowest BCUT2D eigenvalue weighted by molar-refractivity contribution is -0.118. The first kappa shape index (κ1) is 28.1. The fraction of sp³-hybridized carbons (Fsp3) is 0.167. The van der Waals surface area contributed by atoms with Crippen LogP contribution in [-0.2, 0) is 21.4 Å². The number of hydrogen-bond donors (Lipinski definition) is 4. The number of nitrogens with one attached hydrogen (secondary N) is 4. The van der Waals surface area contributed by atoms with Crippen molar-refractivity contribution in [3.63, 3.8) is 0 Å². The van der Waals surface area contributed by atoms with Gasteiger partial charge in [-0.3, -0.25) is 14.9 Å². The number of carbonyl (C=O) groups excluding carboxylic acids is 1. The summed E-state index contributed by atoms with van der Waals surface area (Å²) in [6, 6.07) is 15.4. The van der Waals surface area contributed by atoms with Crippen molar-refractivity contribution in [1.29, 1.82) is 0 Å². The Morgan fingerprint density at radius 3 is 2.60 bits per heavy atom. The molecular formula is C30H27FN8O3S. The van der Waals surface area contributed by atoms with E-state index < -0.39 is 15.8 Å². The van der Waals surface area contributed by atoms with Gasteiger partial charge in [-0.1, -0.05) is 26.0 Å². The van der Waals surface area contributed by atoms with Gasteiger partial charge in [0, 0.05) is 29.8 Å². The average Bonchev–Trinajstić information content (AvgIpc) is 3.59. The van der Waals surface area contributed by atoms with Crippen molar-refractivity contribution >= 4 is 43.7 Å². The largest absolute Gasteiger partial charge is 0.336 e. The molecule has 0 radical (unpaired) electrons. The predicted molar refractivity (Wildman–Crippen MR) is 163 cm³/mol. The fourth-order valence-electron chi connectivity index (χ4n) is 4.66. The number of imidazole rings is 1. The zero-order valence-corrected chi connectivity index (χ0v) is 24.3. The summed E-state index contributed by atoms with van der Waals surface area (Å²) < 4.78 is 40.1. The van der Waals surface area contributed by atoms with Gasteiger partial charge in [0.2, 0.25) is 15.9 Å². The average molecular weight is 599 g/mol. The highest BCUT2D eigenvalue weighted by molar-refractivity contribution is 7.88. The van der Waals surface area contributed by atoms with E-state index in [1.54, 1.807) is 18.5 Å². The van der Waals surface area contributed by atoms with Crippen LogP contribution in [0.3, 0.4) is 0 Å². The van der Waals surface area contributed by atoms with Crippen molar-refractivity contribution in [2.45, 2.75) is 20.4 Å². The minimum absolute atomic E-state index is 0.0405. The van der Waals surface area contributed by atoms with Gasteiger partial charge in [0.1, 0.15) is 11.3 Å². The lowest BCUT2D eigenvalue weighted by Gasteiger charge is -2.08. The number of rotatable bonds is 8. The Labute approximate surface area is 246 Å². The molecule has 13 heteroatoms. The Morgan fingerprint density at radius 2 is 1.81 bits per heavy atom. The highest BCUT2D eigenvalue weighted by atomic mass is 32.2. The quantitative estimate of drug-likeness (QED) is 0.192. The number of anilines is 1. The second kappa shape index (κ2) is 11.0. The molecule has 6 aromatic rings. The number of benzene rings is 2. The van der Waals surface area contributed by atoms with Crippen LogP contribution in [0.5, 0.6) is 0 Å². The molecule has 0 atom stereocenters. The molecule has 4 aromatic heterocycles. The second-order valence-corrected chi connectivity index (χ2v) is 12.3. The Hall–Kier alpha value is -5.01. The van der Waals surface area contributed by atoms with Crippen molar-refractivity contribution in [2.24, 2.45) is 5.92 Å². The molecule has 1 amide bonds. The van der Waals surface area contributed by atoms with E-state index in [4.69, 9.17) is 9.97 Å². The molecule has 2 aromatic carbocycles. The maximum Gasteiger partial charge on any atom is 0.226 e. The van der Waals surface area contributed by atoms with Crippen molar-refractivity contribution in [1.82, 2.24) is 34.9 Å². The van der Waals surface area contributed by atoms with E-state index in [0.29, 0.717) is 61.7 Å². The van der Waals surface area contributed by atoms with E-state index in [2.05, 4.69) is 30.2 Å². The molecule has 11 nitrogen and oxygen atoms in total. The van der Waals surface area contributed by atoms with Crippen LogP contribution in [0.15, 0.2) is 67.0 Å². The van der Waals surface area contributed by atoms with E-state index in [-0.39, 0.29) is 18.4 Å². The van der Waals surface area contributed by atoms with Crippen molar-refractivity contribution < 1.29 is 17.6 Å². The monoisotopic (exact) mass is 598 g/mol. The topological polar surface area (TPSA) is 158 Å². The number of carbonyl (C=O) groups is 1. The minimum atomic E-state index is -3.44. The number of aromatic amines is 2. The van der Waals surface area contributed by atoms with Gasteiger partial charge in [-0.25, -0.2) is 27.5 Å². The Morgan fingerprint density at radius 1 is 0.977 bits per heavy atom. The number of amides is 1. The molecule has 0 aliphatic heterocycles. The number of pyridine rings is 2. The first-order valence-electron chi connectivity index (χ1n) is 13.4. The van der Waals surface area contributed by atoms with Gasteiger partial charge in [0.05, 0.1) is 40.4 Å². The van der Waals surface area contributed by atoms with E-state index in [1.807, 2.05) is 50.2 Å². The molecule has 0 spiro atoms. The normalized spacial score (nSPS) is 11.9. The maximum atomic E-state index is 14.6. The van der Waals surface area contributed by atoms with Crippen LogP contribution in [0, 0.1) is 11.7 Å². The lowest BCUT2D eigenvalue weighted by Crippen LogP contribution is -2.21. The summed E-state index contributed by atoms with van der Waals surface area (Å²) in [5.41, 5.74) is 6.69. The SMILES string of the molecule is CC(C)C(=O)Nc1cncc(-c2ccc3[nH]nc(-c4nc5c(-c6cc(F)cc(CNS(C)(=O)=O)c6)cccc5[nH]4)c3n2)c1. The molecule has 0 fully saturated rings. The summed E-state index contributed by atoms with van der Waals surface area (Å²) in [6.07, 6.45) is 4.31. The molecule has 0 saturated carbocycles. The molecule has 6 rings (SSSR count). The summed E-state index contributed by atoms with van der Waals surface area (Å²) in [5, 5.41) is 10.3. The molecule has 4 N–H and O–H groups in total. The molecule has 0 saturated heterocycles. The zero-order chi connectivity index (χ0) is 30.3. The summed E-state index contributed by atoms with van der Waals surface area (Å²) in [4.78, 5) is 29.4. The second-order valence-electron chi connectivity index (χ2n) is 10.5. The van der Waals surface area contributed by atoms with Gasteiger partial charge in [0.15, 0.2) is 11.5 Å². The summed E-state index contributed by atoms with van der Waals surface area (Å²) in [6.45, 7) is 3.60. The number of para-hydroxylation sites is 1. The highest BCUT2D eigenvalue weighted by Crippen LogP contribution is 2.33. The number of hydrogen-bond acceptors (Lipinski definition) is 7. The van der Waals surface area contributed by atoms with E-state index in [1.165, 1.54) is 12.1 Å². The molecule has 43 heavy (non-hydrogen) atoms. The third-order valence-corrected chi connectivity index (χ3v) is 7.45. The van der Waals surface area contributed by atoms with Gasteiger partial charge >= 0.3 is 0 Å².